The number of carboxylic acid groups (broad SMARTS) is 2. The average Bonchev–Trinajstić information content (AvgIpc) is 2.18. The zero-order chi connectivity index (χ0) is 15.0. The molecule has 1 fully saturated rings. The van der Waals surface area contributed by atoms with Crippen molar-refractivity contribution >= 4 is 30.8 Å². The molecule has 5 N–H and O–H groups in total. The van der Waals surface area contributed by atoms with Crippen molar-refractivity contribution in [1.82, 2.24) is 0 Å². The Labute approximate surface area is 131 Å². The van der Waals surface area contributed by atoms with E-state index in [1.54, 1.807) is 0 Å². The van der Waals surface area contributed by atoms with E-state index >= 15 is 0 Å². The molecule has 1 rings (SSSR count). The molecule has 6 nitrogen and oxygen atoms in total. The first kappa shape index (κ1) is 27.5. The Bertz CT molecular complexity index is 186. The largest absolute Gasteiger partial charge is 0.693 e. The molecule has 0 heterocycles. The van der Waals surface area contributed by atoms with E-state index in [-0.39, 0.29) is 12.2 Å². The van der Waals surface area contributed by atoms with Gasteiger partial charge in [-0.25, -0.2) is 0 Å². The number of hydrogen-bond acceptors (Lipinski definition) is 2. The third-order valence-electron chi connectivity index (χ3n) is 1.61. The van der Waals surface area contributed by atoms with Gasteiger partial charge in [-0.1, -0.05) is 32.1 Å². The van der Waals surface area contributed by atoms with Crippen molar-refractivity contribution in [3.63, 3.8) is 0 Å². The Hall–Kier alpha value is 0.128. The van der Waals surface area contributed by atoms with Gasteiger partial charge in [0, 0.05) is 13.8 Å². The van der Waals surface area contributed by atoms with Crippen LogP contribution < -0.4 is 0 Å². The van der Waals surface area contributed by atoms with E-state index in [0.29, 0.717) is 0 Å². The fourth-order valence-corrected chi connectivity index (χ4v) is 1.10. The van der Waals surface area contributed by atoms with Crippen molar-refractivity contribution < 1.29 is 36.3 Å². The summed E-state index contributed by atoms with van der Waals surface area (Å²) in [4.78, 5) is 18.0. The summed E-state index contributed by atoms with van der Waals surface area (Å²) in [6, 6.07) is 0.286. The van der Waals surface area contributed by atoms with Crippen LogP contribution in [-0.2, 0) is 26.1 Å². The average molecular weight is 500 g/mol. The first-order chi connectivity index (χ1) is 8.27. The molecule has 0 aliphatic heterocycles. The molecule has 9 heteroatoms. The van der Waals surface area contributed by atoms with Gasteiger partial charge >= 0.3 is 35.3 Å². The molecule has 0 aromatic rings. The normalized spacial score (nSPS) is 13.1. The van der Waals surface area contributed by atoms with Crippen LogP contribution in [-0.4, -0.2) is 28.2 Å². The molecule has 120 valence electrons. The molecule has 1 aliphatic rings. The van der Waals surface area contributed by atoms with Crippen molar-refractivity contribution in [2.45, 2.75) is 52.0 Å². The Morgan fingerprint density at radius 2 is 1.26 bits per heavy atom. The smallest absolute Gasteiger partial charge is 0.0534 e. The van der Waals surface area contributed by atoms with Gasteiger partial charge in [0.2, 0.25) is 0 Å². The summed E-state index contributed by atoms with van der Waals surface area (Å²) in [5.74, 6) is -1.67. The van der Waals surface area contributed by atoms with Gasteiger partial charge in [0.15, 0.2) is 0 Å². The van der Waals surface area contributed by atoms with Crippen LogP contribution in [0.15, 0.2) is 0 Å². The van der Waals surface area contributed by atoms with Gasteiger partial charge in [0.25, 0.3) is 11.9 Å². The minimum atomic E-state index is -0.833. The number of halogens is 2. The molecular weight excluding hydrogens is 478 g/mol. The number of rotatable bonds is 0. The van der Waals surface area contributed by atoms with Crippen LogP contribution >= 0.6 is 18.8 Å². The molecule has 0 unspecified atom stereocenters. The summed E-state index contributed by atoms with van der Waals surface area (Å²) >= 11 is -0.472. The van der Waals surface area contributed by atoms with Gasteiger partial charge in [-0.2, -0.15) is 0 Å². The SMILES string of the molecule is CC(=O)O.CC(=O)O.[Cl][Pt+2][Cl].[NH-]C1CCCCC1.[NH2-]. The Morgan fingerprint density at radius 3 is 1.37 bits per heavy atom. The number of nitrogens with two attached hydrogens (primary N) is 1. The van der Waals surface area contributed by atoms with E-state index in [0.717, 1.165) is 26.7 Å². The van der Waals surface area contributed by atoms with Gasteiger partial charge in [-0.3, -0.25) is 9.59 Å². The molecule has 1 aliphatic carbocycles. The zero-order valence-electron chi connectivity index (χ0n) is 11.0. The second kappa shape index (κ2) is 23.2. The van der Waals surface area contributed by atoms with Gasteiger partial charge in [0.1, 0.15) is 0 Å². The number of carboxylic acids is 2. The summed E-state index contributed by atoms with van der Waals surface area (Å²) in [5, 5.41) is 14.8. The number of aliphatic carboxylic acids is 2. The van der Waals surface area contributed by atoms with Crippen LogP contribution in [0.2, 0.25) is 0 Å². The summed E-state index contributed by atoms with van der Waals surface area (Å²) in [5.41, 5.74) is 7.27. The maximum atomic E-state index is 9.00. The molecule has 0 bridgehead atoms. The first-order valence-corrected chi connectivity index (χ1v) is 10.8. The standard InChI is InChI=1S/C6H12N.2C2H4O2.2ClH.H2N.Pt/c7-6-4-2-1-3-5-6;2*1-2(3)4;;;;/h6-7H,1-5H2;2*1H3,(H,3,4);2*1H;1H2;/q-1;;;;;-1;+4/p-2. The molecule has 1 saturated carbocycles. The maximum Gasteiger partial charge on any atom is -0.0534 e. The second-order valence-corrected chi connectivity index (χ2v) is 6.70. The van der Waals surface area contributed by atoms with Crippen LogP contribution in [0.1, 0.15) is 46.0 Å². The summed E-state index contributed by atoms with van der Waals surface area (Å²) in [6.45, 7) is 2.17. The van der Waals surface area contributed by atoms with Crippen molar-refractivity contribution in [3.8, 4) is 0 Å². The van der Waals surface area contributed by atoms with E-state index in [2.05, 4.69) is 0 Å². The Balaban J connectivity index is -0.0000000831. The quantitative estimate of drug-likeness (QED) is 0.501. The first-order valence-electron chi connectivity index (χ1n) is 5.20. The predicted octanol–water partition coefficient (Wildman–Crippen LogP) is 4.65. The predicted molar refractivity (Wildman–Crippen MR) is 74.8 cm³/mol. The number of carbonyl (C=O) groups is 2. The van der Waals surface area contributed by atoms with Gasteiger partial charge in [0.05, 0.1) is 0 Å². The minimum Gasteiger partial charge on any atom is -0.693 e. The van der Waals surface area contributed by atoms with Gasteiger partial charge in [-0.15, -0.1) is 6.04 Å². The molecule has 0 amide bonds. The summed E-state index contributed by atoms with van der Waals surface area (Å²) in [6.07, 6.45) is 6.28. The van der Waals surface area contributed by atoms with Crippen LogP contribution in [0.3, 0.4) is 0 Å². The monoisotopic (exact) mass is 499 g/mol. The Kier molecular flexibility index (Phi) is 33.6. The molecule has 0 aromatic carbocycles. The zero-order valence-corrected chi connectivity index (χ0v) is 14.8. The van der Waals surface area contributed by atoms with Crippen LogP contribution in [0.5, 0.6) is 0 Å². The number of hydrogen-bond donors (Lipinski definition) is 2. The van der Waals surface area contributed by atoms with Crippen LogP contribution in [0, 0.1) is 0 Å². The van der Waals surface area contributed by atoms with E-state index in [1.807, 2.05) is 0 Å². The Morgan fingerprint density at radius 1 is 1.05 bits per heavy atom. The minimum absolute atomic E-state index is 0. The van der Waals surface area contributed by atoms with E-state index < -0.39 is 28.4 Å². The van der Waals surface area contributed by atoms with Gasteiger partial charge in [-0.05, 0) is 0 Å². The summed E-state index contributed by atoms with van der Waals surface area (Å²) in [7, 11) is 9.75. The fourth-order valence-electron chi connectivity index (χ4n) is 1.10. The molecule has 19 heavy (non-hydrogen) atoms. The van der Waals surface area contributed by atoms with E-state index in [1.165, 1.54) is 19.3 Å². The van der Waals surface area contributed by atoms with Gasteiger partial charge < -0.3 is 22.1 Å². The van der Waals surface area contributed by atoms with Crippen LogP contribution in [0.4, 0.5) is 0 Å². The molecule has 0 saturated heterocycles. The molecule has 0 radical (unpaired) electrons. The summed E-state index contributed by atoms with van der Waals surface area (Å²) < 4.78 is 0. The molecular formula is C10H22Cl2N2O4Pt. The van der Waals surface area contributed by atoms with E-state index in [4.69, 9.17) is 44.4 Å². The van der Waals surface area contributed by atoms with E-state index in [9.17, 15) is 0 Å². The topological polar surface area (TPSA) is 132 Å². The van der Waals surface area contributed by atoms with Crippen molar-refractivity contribution in [2.75, 3.05) is 0 Å². The second-order valence-electron chi connectivity index (χ2n) is 3.42. The maximum absolute atomic E-state index is 9.00. The molecule has 0 aromatic heterocycles. The third-order valence-corrected chi connectivity index (χ3v) is 1.61. The van der Waals surface area contributed by atoms with Crippen molar-refractivity contribution in [3.05, 3.63) is 11.9 Å². The fraction of sp³-hybridized carbons (Fsp3) is 0.800. The van der Waals surface area contributed by atoms with Crippen molar-refractivity contribution in [1.29, 1.82) is 0 Å². The molecule has 0 spiro atoms. The van der Waals surface area contributed by atoms with Crippen molar-refractivity contribution in [2.24, 2.45) is 0 Å². The number of nitrogens with one attached hydrogen (secondary N) is 1. The van der Waals surface area contributed by atoms with Crippen LogP contribution in [0.25, 0.3) is 11.9 Å². The molecule has 0 atom stereocenters. The third kappa shape index (κ3) is 71.4.